The van der Waals surface area contributed by atoms with Gasteiger partial charge in [0.1, 0.15) is 5.69 Å². The summed E-state index contributed by atoms with van der Waals surface area (Å²) in [7, 11) is 2.54. The van der Waals surface area contributed by atoms with E-state index in [9.17, 15) is 9.59 Å². The van der Waals surface area contributed by atoms with E-state index >= 15 is 0 Å². The molecule has 0 aliphatic heterocycles. The highest BCUT2D eigenvalue weighted by atomic mass is 35.5. The number of pyridine rings is 1. The molecule has 0 saturated heterocycles. The van der Waals surface area contributed by atoms with Crippen LogP contribution in [0.3, 0.4) is 0 Å². The summed E-state index contributed by atoms with van der Waals surface area (Å²) in [5.74, 6) is -1.03. The Bertz CT molecular complexity index is 315. The van der Waals surface area contributed by atoms with Crippen molar-refractivity contribution in [1.82, 2.24) is 4.98 Å². The molecule has 5 nitrogen and oxygen atoms in total. The first kappa shape index (κ1) is 13.4. The maximum atomic E-state index is 11.0. The van der Waals surface area contributed by atoms with Gasteiger partial charge in [-0.25, -0.2) is 14.6 Å². The van der Waals surface area contributed by atoms with Crippen LogP contribution in [0.2, 0.25) is 0 Å². The molecule has 82 valence electrons. The summed E-state index contributed by atoms with van der Waals surface area (Å²) in [4.78, 5) is 25.7. The smallest absolute Gasteiger partial charge is 0.356 e. The molecule has 1 aromatic heterocycles. The minimum absolute atomic E-state index is 0. The minimum atomic E-state index is -0.540. The van der Waals surface area contributed by atoms with Crippen LogP contribution in [0.15, 0.2) is 18.3 Å². The normalized spacial score (nSPS) is 8.67. The molecule has 0 N–H and O–H groups in total. The summed E-state index contributed by atoms with van der Waals surface area (Å²) >= 11 is 0. The summed E-state index contributed by atoms with van der Waals surface area (Å²) in [6, 6.07) is 2.85. The lowest BCUT2D eigenvalue weighted by molar-refractivity contribution is 0.0581. The molecule has 0 saturated carbocycles. The number of rotatable bonds is 2. The van der Waals surface area contributed by atoms with Crippen LogP contribution in [-0.2, 0) is 9.47 Å². The van der Waals surface area contributed by atoms with Crippen molar-refractivity contribution in [3.05, 3.63) is 29.6 Å². The lowest BCUT2D eigenvalue weighted by Gasteiger charge is -2.00. The highest BCUT2D eigenvalue weighted by Crippen LogP contribution is 2.02. The number of carbonyl (C=O) groups excluding carboxylic acids is 2. The van der Waals surface area contributed by atoms with Crippen LogP contribution in [0.25, 0.3) is 0 Å². The molecule has 15 heavy (non-hydrogen) atoms. The van der Waals surface area contributed by atoms with E-state index in [0.29, 0.717) is 5.56 Å². The van der Waals surface area contributed by atoms with Crippen molar-refractivity contribution in [2.24, 2.45) is 0 Å². The number of esters is 2. The summed E-state index contributed by atoms with van der Waals surface area (Å²) in [6.07, 6.45) is 1.26. The van der Waals surface area contributed by atoms with Gasteiger partial charge >= 0.3 is 11.9 Å². The Morgan fingerprint density at radius 2 is 1.73 bits per heavy atom. The maximum absolute atomic E-state index is 11.0. The van der Waals surface area contributed by atoms with E-state index in [1.807, 2.05) is 0 Å². The Morgan fingerprint density at radius 3 is 2.13 bits per heavy atom. The van der Waals surface area contributed by atoms with Gasteiger partial charge in [0.25, 0.3) is 0 Å². The Labute approximate surface area is 92.8 Å². The summed E-state index contributed by atoms with van der Waals surface area (Å²) in [5, 5.41) is 0. The largest absolute Gasteiger partial charge is 0.465 e. The number of hydrogen-bond donors (Lipinski definition) is 0. The Morgan fingerprint density at radius 1 is 1.13 bits per heavy atom. The first-order valence-electron chi connectivity index (χ1n) is 3.81. The topological polar surface area (TPSA) is 65.5 Å². The molecule has 0 aliphatic rings. The van der Waals surface area contributed by atoms with Crippen molar-refractivity contribution < 1.29 is 19.1 Å². The second-order valence-corrected chi connectivity index (χ2v) is 2.42. The Kier molecular flexibility index (Phi) is 5.33. The molecule has 1 heterocycles. The van der Waals surface area contributed by atoms with Gasteiger partial charge in [0.15, 0.2) is 0 Å². The molecule has 0 radical (unpaired) electrons. The van der Waals surface area contributed by atoms with Crippen LogP contribution < -0.4 is 0 Å². The summed E-state index contributed by atoms with van der Waals surface area (Å²) in [5.41, 5.74) is 0.445. The van der Waals surface area contributed by atoms with Crippen molar-refractivity contribution in [3.8, 4) is 0 Å². The number of methoxy groups -OCH3 is 2. The van der Waals surface area contributed by atoms with Crippen molar-refractivity contribution >= 4 is 24.3 Å². The van der Waals surface area contributed by atoms with Crippen molar-refractivity contribution in [3.63, 3.8) is 0 Å². The lowest BCUT2D eigenvalue weighted by Crippen LogP contribution is -2.07. The van der Waals surface area contributed by atoms with Crippen LogP contribution in [0.1, 0.15) is 20.8 Å². The minimum Gasteiger partial charge on any atom is -0.465 e. The van der Waals surface area contributed by atoms with E-state index in [1.54, 1.807) is 0 Å². The fourth-order valence-corrected chi connectivity index (χ4v) is 0.858. The van der Waals surface area contributed by atoms with Gasteiger partial charge in [0.2, 0.25) is 0 Å². The zero-order valence-corrected chi connectivity index (χ0v) is 9.04. The number of carbonyl (C=O) groups is 2. The number of nitrogens with zero attached hydrogens (tertiary/aromatic N) is 1. The fourth-order valence-electron chi connectivity index (χ4n) is 0.858. The van der Waals surface area contributed by atoms with Gasteiger partial charge < -0.3 is 9.47 Å². The quantitative estimate of drug-likeness (QED) is 0.713. The molecule has 1 aromatic rings. The van der Waals surface area contributed by atoms with E-state index in [2.05, 4.69) is 14.5 Å². The number of ether oxygens (including phenoxy) is 2. The van der Waals surface area contributed by atoms with Crippen LogP contribution >= 0.6 is 12.4 Å². The molecule has 0 fully saturated rings. The number of halogens is 1. The monoisotopic (exact) mass is 231 g/mol. The zero-order valence-electron chi connectivity index (χ0n) is 8.22. The van der Waals surface area contributed by atoms with Gasteiger partial charge in [-0.3, -0.25) is 0 Å². The predicted molar refractivity (Wildman–Crippen MR) is 54.2 cm³/mol. The summed E-state index contributed by atoms with van der Waals surface area (Å²) in [6.45, 7) is 0. The third-order valence-electron chi connectivity index (χ3n) is 1.58. The average Bonchev–Trinajstić information content (AvgIpc) is 2.27. The van der Waals surface area contributed by atoms with Crippen LogP contribution in [0.5, 0.6) is 0 Å². The van der Waals surface area contributed by atoms with Gasteiger partial charge in [-0.05, 0) is 12.1 Å². The third-order valence-corrected chi connectivity index (χ3v) is 1.58. The van der Waals surface area contributed by atoms with E-state index in [-0.39, 0.29) is 18.1 Å². The van der Waals surface area contributed by atoms with E-state index in [4.69, 9.17) is 0 Å². The van der Waals surface area contributed by atoms with E-state index in [0.717, 1.165) is 0 Å². The molecule has 0 aliphatic carbocycles. The summed E-state index contributed by atoms with van der Waals surface area (Å²) < 4.78 is 8.91. The van der Waals surface area contributed by atoms with Gasteiger partial charge in [-0.1, -0.05) is 0 Å². The Hall–Kier alpha value is -1.62. The first-order chi connectivity index (χ1) is 6.69. The van der Waals surface area contributed by atoms with E-state index in [1.165, 1.54) is 32.5 Å². The highest BCUT2D eigenvalue weighted by Gasteiger charge is 2.09. The molecule has 0 spiro atoms. The standard InChI is InChI=1S/C9H9NO4.ClH/c1-13-8(11)6-3-4-7(10-5-6)9(12)14-2;/h3-5H,1-2H3;1H. The van der Waals surface area contributed by atoms with Gasteiger partial charge in [-0.2, -0.15) is 0 Å². The van der Waals surface area contributed by atoms with Crippen molar-refractivity contribution in [1.29, 1.82) is 0 Å². The molecule has 6 heteroatoms. The maximum Gasteiger partial charge on any atom is 0.356 e. The molecule has 0 aromatic carbocycles. The van der Waals surface area contributed by atoms with E-state index < -0.39 is 11.9 Å². The third kappa shape index (κ3) is 3.21. The molecule has 1 rings (SSSR count). The molecule has 0 unspecified atom stereocenters. The van der Waals surface area contributed by atoms with Crippen molar-refractivity contribution in [2.75, 3.05) is 14.2 Å². The van der Waals surface area contributed by atoms with Crippen LogP contribution in [0, 0.1) is 0 Å². The molecule has 0 bridgehead atoms. The van der Waals surface area contributed by atoms with Gasteiger partial charge in [0.05, 0.1) is 19.8 Å². The first-order valence-corrected chi connectivity index (χ1v) is 3.81. The number of aromatic nitrogens is 1. The highest BCUT2D eigenvalue weighted by molar-refractivity contribution is 5.91. The average molecular weight is 232 g/mol. The van der Waals surface area contributed by atoms with Gasteiger partial charge in [0, 0.05) is 6.20 Å². The second kappa shape index (κ2) is 5.98. The predicted octanol–water partition coefficient (Wildman–Crippen LogP) is 1.08. The number of hydrogen-bond acceptors (Lipinski definition) is 5. The van der Waals surface area contributed by atoms with Crippen LogP contribution in [-0.4, -0.2) is 31.1 Å². The van der Waals surface area contributed by atoms with Crippen molar-refractivity contribution in [2.45, 2.75) is 0 Å². The second-order valence-electron chi connectivity index (χ2n) is 2.42. The van der Waals surface area contributed by atoms with Crippen LogP contribution in [0.4, 0.5) is 0 Å². The molecular weight excluding hydrogens is 222 g/mol. The molecular formula is C9H10ClNO4. The lowest BCUT2D eigenvalue weighted by atomic mass is 10.2. The molecule has 0 amide bonds. The SMILES string of the molecule is COC(=O)c1ccc(C(=O)OC)nc1.Cl. The fraction of sp³-hybridized carbons (Fsp3) is 0.222. The Balaban J connectivity index is 0.00000196. The zero-order chi connectivity index (χ0) is 10.6. The molecule has 0 atom stereocenters. The van der Waals surface area contributed by atoms with Gasteiger partial charge in [-0.15, -0.1) is 12.4 Å².